The molecule has 1 amide bonds. The van der Waals surface area contributed by atoms with Gasteiger partial charge in [0.25, 0.3) is 5.91 Å². The second kappa shape index (κ2) is 10.6. The van der Waals surface area contributed by atoms with Gasteiger partial charge in [-0.1, -0.05) is 30.3 Å². The number of nitrogens with zero attached hydrogens (tertiary/aromatic N) is 1. The number of carbonyl (C=O) groups excluding carboxylic acids is 3. The molecule has 2 heterocycles. The molecule has 6 nitrogen and oxygen atoms in total. The summed E-state index contributed by atoms with van der Waals surface area (Å²) in [5, 5.41) is 2.81. The third-order valence-corrected chi connectivity index (χ3v) is 5.99. The number of esters is 1. The Hall–Kier alpha value is -3.32. The highest BCUT2D eigenvalue weighted by Crippen LogP contribution is 2.27. The maximum atomic E-state index is 12.5. The Morgan fingerprint density at radius 1 is 1.03 bits per heavy atom. The molecule has 1 unspecified atom stereocenters. The number of rotatable bonds is 9. The lowest BCUT2D eigenvalue weighted by atomic mass is 10.1. The molecule has 0 saturated carbocycles. The van der Waals surface area contributed by atoms with Gasteiger partial charge in [0.1, 0.15) is 12.6 Å². The van der Waals surface area contributed by atoms with Crippen LogP contribution in [0.5, 0.6) is 0 Å². The Kier molecular flexibility index (Phi) is 7.67. The molecule has 0 aliphatic heterocycles. The SMILES string of the molecule is CC(C(=O)OCCCNC(=O)c1ccc[n+](C)c1)c1ccc(C(=O)c2ccccc2)s1. The Balaban J connectivity index is 1.43. The Morgan fingerprint density at radius 3 is 2.52 bits per heavy atom. The quantitative estimate of drug-likeness (QED) is 0.241. The molecule has 0 saturated heterocycles. The van der Waals surface area contributed by atoms with E-state index < -0.39 is 5.92 Å². The Labute approximate surface area is 185 Å². The summed E-state index contributed by atoms with van der Waals surface area (Å²) in [6, 6.07) is 16.2. The molecule has 7 heteroatoms. The van der Waals surface area contributed by atoms with Crippen LogP contribution >= 0.6 is 11.3 Å². The molecular weight excluding hydrogens is 412 g/mol. The minimum absolute atomic E-state index is 0.0554. The summed E-state index contributed by atoms with van der Waals surface area (Å²) in [4.78, 5) is 38.4. The molecule has 1 N–H and O–H groups in total. The van der Waals surface area contributed by atoms with Gasteiger partial charge in [0, 0.05) is 23.1 Å². The van der Waals surface area contributed by atoms with Gasteiger partial charge in [0.15, 0.2) is 12.4 Å². The van der Waals surface area contributed by atoms with Crippen LogP contribution < -0.4 is 9.88 Å². The largest absolute Gasteiger partial charge is 0.465 e. The highest BCUT2D eigenvalue weighted by Gasteiger charge is 2.21. The van der Waals surface area contributed by atoms with E-state index in [0.29, 0.717) is 29.0 Å². The number of aromatic nitrogens is 1. The smallest absolute Gasteiger partial charge is 0.313 e. The zero-order chi connectivity index (χ0) is 22.2. The Bertz CT molecular complexity index is 1060. The lowest BCUT2D eigenvalue weighted by molar-refractivity contribution is -0.671. The van der Waals surface area contributed by atoms with Crippen molar-refractivity contribution in [3.8, 4) is 0 Å². The van der Waals surface area contributed by atoms with Crippen molar-refractivity contribution in [2.45, 2.75) is 19.3 Å². The first-order valence-electron chi connectivity index (χ1n) is 10.1. The first kappa shape index (κ1) is 22.4. The van der Waals surface area contributed by atoms with Crippen LogP contribution in [0.3, 0.4) is 0 Å². The summed E-state index contributed by atoms with van der Waals surface area (Å²) in [6.07, 6.45) is 4.12. The number of pyridine rings is 1. The van der Waals surface area contributed by atoms with Gasteiger partial charge >= 0.3 is 5.97 Å². The lowest BCUT2D eigenvalue weighted by Gasteiger charge is -2.10. The van der Waals surface area contributed by atoms with E-state index in [-0.39, 0.29) is 24.3 Å². The number of ether oxygens (including phenoxy) is 1. The van der Waals surface area contributed by atoms with Gasteiger partial charge in [-0.25, -0.2) is 4.57 Å². The number of nitrogens with one attached hydrogen (secondary N) is 1. The number of thiophene rings is 1. The van der Waals surface area contributed by atoms with E-state index in [1.54, 1.807) is 43.5 Å². The monoisotopic (exact) mass is 437 g/mol. The van der Waals surface area contributed by atoms with Gasteiger partial charge in [-0.2, -0.15) is 0 Å². The maximum absolute atomic E-state index is 12.5. The number of aryl methyl sites for hydroxylation is 1. The summed E-state index contributed by atoms with van der Waals surface area (Å²) >= 11 is 1.31. The number of ketones is 1. The van der Waals surface area contributed by atoms with E-state index in [0.717, 1.165) is 4.88 Å². The first-order chi connectivity index (χ1) is 15.0. The molecule has 0 fully saturated rings. The fourth-order valence-electron chi connectivity index (χ4n) is 2.95. The van der Waals surface area contributed by atoms with Crippen molar-refractivity contribution in [3.63, 3.8) is 0 Å². The number of amides is 1. The third kappa shape index (κ3) is 6.08. The topological polar surface area (TPSA) is 76.3 Å². The summed E-state index contributed by atoms with van der Waals surface area (Å²) in [6.45, 7) is 2.39. The summed E-state index contributed by atoms with van der Waals surface area (Å²) in [7, 11) is 1.85. The van der Waals surface area contributed by atoms with E-state index in [1.807, 2.05) is 42.1 Å². The molecule has 31 heavy (non-hydrogen) atoms. The minimum atomic E-state index is -0.457. The third-order valence-electron chi connectivity index (χ3n) is 4.72. The summed E-state index contributed by atoms with van der Waals surface area (Å²) in [5.41, 5.74) is 1.20. The molecule has 2 aromatic heterocycles. The standard InChI is InChI=1S/C24H24N2O4S/c1-17(20-11-12-21(31-20)22(27)18-8-4-3-5-9-18)24(29)30-15-7-13-25-23(28)19-10-6-14-26(2)16-19/h3-6,8-12,14,16-17H,7,13,15H2,1-2H3/p+1. The number of benzene rings is 1. The van der Waals surface area contributed by atoms with E-state index in [1.165, 1.54) is 11.3 Å². The van der Waals surface area contributed by atoms with Crippen LogP contribution in [0.2, 0.25) is 0 Å². The van der Waals surface area contributed by atoms with Crippen LogP contribution in [-0.4, -0.2) is 30.8 Å². The molecular formula is C24H25N2O4S+. The van der Waals surface area contributed by atoms with Crippen molar-refractivity contribution in [3.05, 3.63) is 87.9 Å². The van der Waals surface area contributed by atoms with Crippen LogP contribution in [0.15, 0.2) is 67.0 Å². The van der Waals surface area contributed by atoms with Crippen molar-refractivity contribution in [2.24, 2.45) is 7.05 Å². The van der Waals surface area contributed by atoms with Crippen molar-refractivity contribution in [2.75, 3.05) is 13.2 Å². The van der Waals surface area contributed by atoms with Crippen molar-refractivity contribution in [1.82, 2.24) is 5.32 Å². The predicted molar refractivity (Wildman–Crippen MR) is 118 cm³/mol. The zero-order valence-corrected chi connectivity index (χ0v) is 18.4. The maximum Gasteiger partial charge on any atom is 0.313 e. The summed E-state index contributed by atoms with van der Waals surface area (Å²) in [5.74, 6) is -1.02. The molecule has 0 spiro atoms. The molecule has 0 radical (unpaired) electrons. The van der Waals surface area contributed by atoms with Crippen molar-refractivity contribution < 1.29 is 23.7 Å². The highest BCUT2D eigenvalue weighted by molar-refractivity contribution is 7.14. The molecule has 0 aliphatic rings. The molecule has 160 valence electrons. The number of hydrogen-bond donors (Lipinski definition) is 1. The van der Waals surface area contributed by atoms with Gasteiger partial charge in [0.05, 0.1) is 17.4 Å². The van der Waals surface area contributed by atoms with Crippen LogP contribution in [0, 0.1) is 0 Å². The van der Waals surface area contributed by atoms with Gasteiger partial charge in [-0.05, 0) is 31.5 Å². The first-order valence-corrected chi connectivity index (χ1v) is 10.9. The van der Waals surface area contributed by atoms with Gasteiger partial charge in [0.2, 0.25) is 5.78 Å². The van der Waals surface area contributed by atoms with Gasteiger partial charge in [-0.3, -0.25) is 14.4 Å². The van der Waals surface area contributed by atoms with E-state index in [4.69, 9.17) is 4.74 Å². The van der Waals surface area contributed by atoms with E-state index in [2.05, 4.69) is 5.32 Å². The van der Waals surface area contributed by atoms with Gasteiger partial charge in [-0.15, -0.1) is 11.3 Å². The second-order valence-corrected chi connectivity index (χ2v) is 8.27. The van der Waals surface area contributed by atoms with Crippen LogP contribution in [-0.2, 0) is 16.6 Å². The molecule has 3 aromatic rings. The second-order valence-electron chi connectivity index (χ2n) is 7.15. The minimum Gasteiger partial charge on any atom is -0.465 e. The molecule has 0 bridgehead atoms. The van der Waals surface area contributed by atoms with Gasteiger partial charge < -0.3 is 10.1 Å². The van der Waals surface area contributed by atoms with E-state index in [9.17, 15) is 14.4 Å². The molecule has 1 atom stereocenters. The van der Waals surface area contributed by atoms with Crippen LogP contribution in [0.1, 0.15) is 49.7 Å². The predicted octanol–water partition coefficient (Wildman–Crippen LogP) is 3.27. The zero-order valence-electron chi connectivity index (χ0n) is 17.5. The van der Waals surface area contributed by atoms with Crippen molar-refractivity contribution in [1.29, 1.82) is 0 Å². The molecule has 1 aromatic carbocycles. The normalized spacial score (nSPS) is 11.5. The molecule has 3 rings (SSSR count). The van der Waals surface area contributed by atoms with Crippen LogP contribution in [0.4, 0.5) is 0 Å². The lowest BCUT2D eigenvalue weighted by Crippen LogP contribution is -2.31. The molecule has 0 aliphatic carbocycles. The fourth-order valence-corrected chi connectivity index (χ4v) is 3.96. The highest BCUT2D eigenvalue weighted by atomic mass is 32.1. The number of hydrogen-bond acceptors (Lipinski definition) is 5. The fraction of sp³-hybridized carbons (Fsp3) is 0.250. The van der Waals surface area contributed by atoms with Crippen LogP contribution in [0.25, 0.3) is 0 Å². The average Bonchev–Trinajstić information content (AvgIpc) is 3.28. The summed E-state index contributed by atoms with van der Waals surface area (Å²) < 4.78 is 7.15. The number of carbonyl (C=O) groups is 3. The average molecular weight is 438 g/mol. The Morgan fingerprint density at radius 2 is 1.77 bits per heavy atom. The van der Waals surface area contributed by atoms with Crippen molar-refractivity contribution >= 4 is 29.0 Å². The van der Waals surface area contributed by atoms with E-state index >= 15 is 0 Å².